The van der Waals surface area contributed by atoms with Crippen LogP contribution in [0.1, 0.15) is 26.5 Å². The number of rotatable bonds is 7. The van der Waals surface area contributed by atoms with Crippen LogP contribution in [0.3, 0.4) is 0 Å². The molecule has 138 valence electrons. The Kier molecular flexibility index (Phi) is 5.89. The summed E-state index contributed by atoms with van der Waals surface area (Å²) in [5.74, 6) is 0.434. The van der Waals surface area contributed by atoms with E-state index in [1.807, 2.05) is 24.3 Å². The number of benzene rings is 2. The van der Waals surface area contributed by atoms with Crippen molar-refractivity contribution in [2.24, 2.45) is 0 Å². The monoisotopic (exact) mass is 364 g/mol. The molecule has 1 heterocycles. The highest BCUT2D eigenvalue weighted by Gasteiger charge is 2.11. The number of furan rings is 1. The van der Waals surface area contributed by atoms with Crippen LogP contribution in [0.25, 0.3) is 0 Å². The summed E-state index contributed by atoms with van der Waals surface area (Å²) >= 11 is 0. The van der Waals surface area contributed by atoms with Crippen molar-refractivity contribution in [1.29, 1.82) is 0 Å². The van der Waals surface area contributed by atoms with Crippen LogP contribution < -0.4 is 15.4 Å². The number of methoxy groups -OCH3 is 1. The molecule has 0 bridgehead atoms. The lowest BCUT2D eigenvalue weighted by Gasteiger charge is -2.10. The number of hydrogen-bond acceptors (Lipinski definition) is 4. The molecular formula is C21H20N2O4. The summed E-state index contributed by atoms with van der Waals surface area (Å²) in [4.78, 5) is 24.4. The summed E-state index contributed by atoms with van der Waals surface area (Å²) in [5, 5.41) is 5.59. The maximum Gasteiger partial charge on any atom is 0.291 e. The number of nitrogens with one attached hydrogen (secondary N) is 2. The summed E-state index contributed by atoms with van der Waals surface area (Å²) in [6, 6.07) is 17.7. The summed E-state index contributed by atoms with van der Waals surface area (Å²) in [5.41, 5.74) is 2.01. The first-order chi connectivity index (χ1) is 13.2. The predicted molar refractivity (Wildman–Crippen MR) is 102 cm³/mol. The fourth-order valence-corrected chi connectivity index (χ4v) is 2.66. The second-order valence-electron chi connectivity index (χ2n) is 5.83. The third kappa shape index (κ3) is 4.76. The quantitative estimate of drug-likeness (QED) is 0.672. The zero-order valence-corrected chi connectivity index (χ0v) is 14.9. The molecule has 6 nitrogen and oxygen atoms in total. The van der Waals surface area contributed by atoms with Crippen molar-refractivity contribution in [3.05, 3.63) is 83.8 Å². The van der Waals surface area contributed by atoms with Crippen LogP contribution in [-0.4, -0.2) is 25.5 Å². The SMILES string of the molecule is COc1ccccc1CCNC(=O)c1cccc(NC(=O)c2ccco2)c1. The van der Waals surface area contributed by atoms with Gasteiger partial charge in [0.25, 0.3) is 11.8 Å². The van der Waals surface area contributed by atoms with Gasteiger partial charge < -0.3 is 19.8 Å². The maximum atomic E-state index is 12.4. The van der Waals surface area contributed by atoms with Crippen molar-refractivity contribution in [2.75, 3.05) is 19.0 Å². The van der Waals surface area contributed by atoms with E-state index in [1.165, 1.54) is 6.26 Å². The van der Waals surface area contributed by atoms with E-state index in [-0.39, 0.29) is 17.6 Å². The first-order valence-corrected chi connectivity index (χ1v) is 8.52. The van der Waals surface area contributed by atoms with Crippen LogP contribution in [0.2, 0.25) is 0 Å². The van der Waals surface area contributed by atoms with Gasteiger partial charge in [-0.3, -0.25) is 9.59 Å². The van der Waals surface area contributed by atoms with Crippen LogP contribution in [0, 0.1) is 0 Å². The molecule has 0 aliphatic heterocycles. The summed E-state index contributed by atoms with van der Waals surface area (Å²) in [6.45, 7) is 0.474. The molecule has 0 unspecified atom stereocenters. The maximum absolute atomic E-state index is 12.4. The van der Waals surface area contributed by atoms with Gasteiger partial charge in [-0.1, -0.05) is 24.3 Å². The lowest BCUT2D eigenvalue weighted by atomic mass is 10.1. The highest BCUT2D eigenvalue weighted by atomic mass is 16.5. The van der Waals surface area contributed by atoms with E-state index in [1.54, 1.807) is 43.5 Å². The number of para-hydroxylation sites is 1. The van der Waals surface area contributed by atoms with Crippen molar-refractivity contribution in [1.82, 2.24) is 5.32 Å². The molecule has 2 N–H and O–H groups in total. The van der Waals surface area contributed by atoms with Crippen molar-refractivity contribution in [2.45, 2.75) is 6.42 Å². The second kappa shape index (κ2) is 8.71. The van der Waals surface area contributed by atoms with Gasteiger partial charge in [0.05, 0.1) is 13.4 Å². The van der Waals surface area contributed by atoms with Crippen LogP contribution in [0.5, 0.6) is 5.75 Å². The van der Waals surface area contributed by atoms with E-state index in [9.17, 15) is 9.59 Å². The zero-order chi connectivity index (χ0) is 19.1. The molecule has 0 saturated heterocycles. The molecule has 2 amide bonds. The van der Waals surface area contributed by atoms with E-state index < -0.39 is 0 Å². The third-order valence-electron chi connectivity index (χ3n) is 4.00. The Morgan fingerprint density at radius 2 is 1.85 bits per heavy atom. The van der Waals surface area contributed by atoms with Gasteiger partial charge in [-0.05, 0) is 48.4 Å². The van der Waals surface area contributed by atoms with E-state index in [0.717, 1.165) is 11.3 Å². The number of hydrogen-bond donors (Lipinski definition) is 2. The highest BCUT2D eigenvalue weighted by molar-refractivity contribution is 6.03. The normalized spacial score (nSPS) is 10.3. The van der Waals surface area contributed by atoms with Gasteiger partial charge >= 0.3 is 0 Å². The lowest BCUT2D eigenvalue weighted by molar-refractivity contribution is 0.0952. The third-order valence-corrected chi connectivity index (χ3v) is 4.00. The van der Waals surface area contributed by atoms with Crippen molar-refractivity contribution < 1.29 is 18.7 Å². The Morgan fingerprint density at radius 1 is 1.00 bits per heavy atom. The molecule has 27 heavy (non-hydrogen) atoms. The fraction of sp³-hybridized carbons (Fsp3) is 0.143. The standard InChI is InChI=1S/C21H20N2O4/c1-26-18-9-3-2-6-15(18)11-12-22-20(24)16-7-4-8-17(14-16)23-21(25)19-10-5-13-27-19/h2-10,13-14H,11-12H2,1H3,(H,22,24)(H,23,25). The topological polar surface area (TPSA) is 80.6 Å². The predicted octanol–water partition coefficient (Wildman–Crippen LogP) is 3.51. The average Bonchev–Trinajstić information content (AvgIpc) is 3.23. The second-order valence-corrected chi connectivity index (χ2v) is 5.83. The molecule has 0 aliphatic rings. The molecule has 0 aliphatic carbocycles. The number of carbonyl (C=O) groups excluding carboxylic acids is 2. The van der Waals surface area contributed by atoms with E-state index in [2.05, 4.69) is 10.6 Å². The number of ether oxygens (including phenoxy) is 1. The Labute approximate surface area is 157 Å². The Bertz CT molecular complexity index is 919. The van der Waals surface area contributed by atoms with Crippen LogP contribution in [0.4, 0.5) is 5.69 Å². The summed E-state index contributed by atoms with van der Waals surface area (Å²) < 4.78 is 10.4. The molecule has 0 radical (unpaired) electrons. The molecule has 3 rings (SSSR count). The van der Waals surface area contributed by atoms with Crippen LogP contribution in [0.15, 0.2) is 71.3 Å². The first-order valence-electron chi connectivity index (χ1n) is 8.52. The highest BCUT2D eigenvalue weighted by Crippen LogP contribution is 2.17. The van der Waals surface area contributed by atoms with Crippen molar-refractivity contribution in [3.63, 3.8) is 0 Å². The number of carbonyl (C=O) groups is 2. The summed E-state index contributed by atoms with van der Waals surface area (Å²) in [7, 11) is 1.62. The minimum atomic E-state index is -0.367. The molecule has 1 aromatic heterocycles. The van der Waals surface area contributed by atoms with Gasteiger partial charge in [0.15, 0.2) is 5.76 Å². The minimum absolute atomic E-state index is 0.209. The Hall–Kier alpha value is -3.54. The first kappa shape index (κ1) is 18.3. The van der Waals surface area contributed by atoms with Gasteiger partial charge in [0, 0.05) is 17.8 Å². The molecule has 0 saturated carbocycles. The molecule has 6 heteroatoms. The van der Waals surface area contributed by atoms with Gasteiger partial charge in [0.2, 0.25) is 0 Å². The molecule has 0 atom stereocenters. The van der Waals surface area contributed by atoms with E-state index in [4.69, 9.17) is 9.15 Å². The van der Waals surface area contributed by atoms with Crippen LogP contribution >= 0.6 is 0 Å². The Balaban J connectivity index is 1.58. The molecule has 0 fully saturated rings. The number of amides is 2. The van der Waals surface area contributed by atoms with Gasteiger partial charge in [-0.2, -0.15) is 0 Å². The lowest BCUT2D eigenvalue weighted by Crippen LogP contribution is -2.26. The average molecular weight is 364 g/mol. The van der Waals surface area contributed by atoms with Gasteiger partial charge in [0.1, 0.15) is 5.75 Å². The van der Waals surface area contributed by atoms with Crippen molar-refractivity contribution >= 4 is 17.5 Å². The summed E-state index contributed by atoms with van der Waals surface area (Å²) in [6.07, 6.45) is 2.09. The zero-order valence-electron chi connectivity index (χ0n) is 14.9. The largest absolute Gasteiger partial charge is 0.496 e. The van der Waals surface area contributed by atoms with Crippen molar-refractivity contribution in [3.8, 4) is 5.75 Å². The minimum Gasteiger partial charge on any atom is -0.496 e. The molecular weight excluding hydrogens is 344 g/mol. The smallest absolute Gasteiger partial charge is 0.291 e. The number of anilines is 1. The van der Waals surface area contributed by atoms with E-state index in [0.29, 0.717) is 24.2 Å². The molecule has 3 aromatic rings. The van der Waals surface area contributed by atoms with Crippen LogP contribution in [-0.2, 0) is 6.42 Å². The Morgan fingerprint density at radius 3 is 2.63 bits per heavy atom. The fourth-order valence-electron chi connectivity index (χ4n) is 2.66. The van der Waals surface area contributed by atoms with Gasteiger partial charge in [-0.25, -0.2) is 0 Å². The van der Waals surface area contributed by atoms with Gasteiger partial charge in [-0.15, -0.1) is 0 Å². The molecule has 2 aromatic carbocycles. The molecule has 0 spiro atoms. The van der Waals surface area contributed by atoms with E-state index >= 15 is 0 Å².